The van der Waals surface area contributed by atoms with Crippen LogP contribution in [-0.4, -0.2) is 37.2 Å². The Morgan fingerprint density at radius 3 is 1.13 bits per heavy atom. The summed E-state index contributed by atoms with van der Waals surface area (Å²) in [6, 6.07) is 0. The van der Waals surface area contributed by atoms with Crippen molar-refractivity contribution in [2.45, 2.75) is 44.4 Å². The SMILES string of the molecule is C1=NC(C2N=CC=N2)N=C1.C1CCCC1.[2HH]. The molecule has 1 saturated carbocycles. The van der Waals surface area contributed by atoms with Crippen molar-refractivity contribution in [3.05, 3.63) is 0 Å². The molecule has 4 nitrogen and oxygen atoms in total. The van der Waals surface area contributed by atoms with Gasteiger partial charge in [-0.15, -0.1) is 0 Å². The fraction of sp³-hybridized carbons (Fsp3) is 0.636. The van der Waals surface area contributed by atoms with Gasteiger partial charge in [0.25, 0.3) is 0 Å². The first kappa shape index (κ1) is 10.2. The largest absolute Gasteiger partial charge is 0.260 e. The van der Waals surface area contributed by atoms with Crippen LogP contribution in [0.1, 0.15) is 33.5 Å². The molecular weight excluding hydrogens is 188 g/mol. The molecule has 1 fully saturated rings. The van der Waals surface area contributed by atoms with Gasteiger partial charge in [-0.3, -0.25) is 20.0 Å². The Morgan fingerprint density at radius 1 is 0.600 bits per heavy atom. The molecule has 0 aromatic carbocycles. The number of nitrogens with zero attached hydrogens (tertiary/aromatic N) is 4. The second-order valence-electron chi connectivity index (χ2n) is 3.79. The highest BCUT2D eigenvalue weighted by Gasteiger charge is 2.19. The molecular formula is C11H18N4. The Bertz CT molecular complexity index is 247. The smallest absolute Gasteiger partial charge is 0.181 e. The number of aliphatic imine (C=N–C) groups is 4. The van der Waals surface area contributed by atoms with Gasteiger partial charge in [-0.2, -0.15) is 0 Å². The molecule has 2 aliphatic heterocycles. The van der Waals surface area contributed by atoms with Gasteiger partial charge in [0.15, 0.2) is 12.3 Å². The van der Waals surface area contributed by atoms with Crippen LogP contribution >= 0.6 is 0 Å². The van der Waals surface area contributed by atoms with Crippen LogP contribution in [0.4, 0.5) is 0 Å². The molecule has 4 heteroatoms. The Labute approximate surface area is 91.4 Å². The molecule has 0 aromatic heterocycles. The highest BCUT2D eigenvalue weighted by molar-refractivity contribution is 6.18. The minimum Gasteiger partial charge on any atom is -0.260 e. The van der Waals surface area contributed by atoms with Crippen LogP contribution in [0.25, 0.3) is 0 Å². The summed E-state index contributed by atoms with van der Waals surface area (Å²) in [6.45, 7) is 0. The maximum atomic E-state index is 4.04. The number of hydrogen-bond donors (Lipinski definition) is 0. The molecule has 0 N–H and O–H groups in total. The van der Waals surface area contributed by atoms with Crippen molar-refractivity contribution in [1.29, 1.82) is 0 Å². The molecule has 0 unspecified atom stereocenters. The van der Waals surface area contributed by atoms with E-state index in [-0.39, 0.29) is 13.8 Å². The molecule has 3 aliphatic rings. The summed E-state index contributed by atoms with van der Waals surface area (Å²) in [6.07, 6.45) is 14.0. The molecule has 0 saturated heterocycles. The predicted octanol–water partition coefficient (Wildman–Crippen LogP) is 2.15. The molecule has 0 radical (unpaired) electrons. The van der Waals surface area contributed by atoms with Crippen LogP contribution in [0.5, 0.6) is 0 Å². The maximum Gasteiger partial charge on any atom is 0.181 e. The Kier molecular flexibility index (Phi) is 3.77. The fourth-order valence-corrected chi connectivity index (χ4v) is 1.78. The lowest BCUT2D eigenvalue weighted by Gasteiger charge is -2.05. The third kappa shape index (κ3) is 3.08. The molecule has 82 valence electrons. The zero-order valence-electron chi connectivity index (χ0n) is 8.79. The molecule has 0 spiro atoms. The molecule has 3 rings (SSSR count). The second-order valence-corrected chi connectivity index (χ2v) is 3.79. The molecule has 0 atom stereocenters. The van der Waals surface area contributed by atoms with Crippen LogP contribution < -0.4 is 0 Å². The van der Waals surface area contributed by atoms with Gasteiger partial charge < -0.3 is 0 Å². The standard InChI is InChI=1S/C6H6N4.C5H10.H2/c1-2-8-5(7-1)6-9-3-4-10-6;1-2-4-5-3-1;/h1-6H;1-5H2;1H/i;;1+1. The summed E-state index contributed by atoms with van der Waals surface area (Å²) in [5, 5.41) is 0. The van der Waals surface area contributed by atoms with Gasteiger partial charge in [0.2, 0.25) is 0 Å². The zero-order chi connectivity index (χ0) is 10.3. The van der Waals surface area contributed by atoms with Crippen molar-refractivity contribution in [3.8, 4) is 0 Å². The van der Waals surface area contributed by atoms with E-state index in [1.807, 2.05) is 0 Å². The van der Waals surface area contributed by atoms with E-state index >= 15 is 0 Å². The Morgan fingerprint density at radius 2 is 0.867 bits per heavy atom. The van der Waals surface area contributed by atoms with Crippen molar-refractivity contribution in [3.63, 3.8) is 0 Å². The zero-order valence-corrected chi connectivity index (χ0v) is 8.79. The lowest BCUT2D eigenvalue weighted by Crippen LogP contribution is -2.14. The molecule has 1 aliphatic carbocycles. The third-order valence-corrected chi connectivity index (χ3v) is 2.61. The second kappa shape index (κ2) is 5.53. The van der Waals surface area contributed by atoms with E-state index in [1.54, 1.807) is 24.9 Å². The molecule has 15 heavy (non-hydrogen) atoms. The fourth-order valence-electron chi connectivity index (χ4n) is 1.78. The molecule has 0 amide bonds. The monoisotopic (exact) mass is 207 g/mol. The van der Waals surface area contributed by atoms with Crippen molar-refractivity contribution < 1.29 is 1.43 Å². The van der Waals surface area contributed by atoms with E-state index in [9.17, 15) is 0 Å². The molecule has 0 bridgehead atoms. The van der Waals surface area contributed by atoms with Crippen molar-refractivity contribution in [2.24, 2.45) is 20.0 Å². The van der Waals surface area contributed by atoms with Gasteiger partial charge in [0.1, 0.15) is 0 Å². The minimum atomic E-state index is -0.102. The first-order chi connectivity index (χ1) is 7.47. The summed E-state index contributed by atoms with van der Waals surface area (Å²) in [5.41, 5.74) is 0. The first-order valence-electron chi connectivity index (χ1n) is 5.57. The Hall–Kier alpha value is -1.32. The Balaban J connectivity index is 0.000000183. The van der Waals surface area contributed by atoms with Gasteiger partial charge in [0.05, 0.1) is 0 Å². The first-order valence-corrected chi connectivity index (χ1v) is 5.57. The van der Waals surface area contributed by atoms with Gasteiger partial charge in [-0.1, -0.05) is 32.1 Å². The van der Waals surface area contributed by atoms with E-state index in [2.05, 4.69) is 20.0 Å². The lowest BCUT2D eigenvalue weighted by atomic mass is 10.4. The van der Waals surface area contributed by atoms with E-state index in [0.29, 0.717) is 0 Å². The van der Waals surface area contributed by atoms with Crippen molar-refractivity contribution >= 4 is 24.9 Å². The average molecular weight is 207 g/mol. The van der Waals surface area contributed by atoms with E-state index in [4.69, 9.17) is 0 Å². The normalized spacial score (nSPS) is 23.7. The summed E-state index contributed by atoms with van der Waals surface area (Å²) in [4.78, 5) is 16.2. The highest BCUT2D eigenvalue weighted by atomic mass is 15.2. The predicted molar refractivity (Wildman–Crippen MR) is 66.7 cm³/mol. The quantitative estimate of drug-likeness (QED) is 0.632. The van der Waals surface area contributed by atoms with Gasteiger partial charge in [-0.05, 0) is 0 Å². The summed E-state index contributed by atoms with van der Waals surface area (Å²) in [7, 11) is 0. The van der Waals surface area contributed by atoms with E-state index in [0.717, 1.165) is 0 Å². The number of hydrogen-bond acceptors (Lipinski definition) is 4. The van der Waals surface area contributed by atoms with Gasteiger partial charge in [0, 0.05) is 26.3 Å². The van der Waals surface area contributed by atoms with E-state index < -0.39 is 0 Å². The van der Waals surface area contributed by atoms with Crippen LogP contribution in [0.15, 0.2) is 20.0 Å². The average Bonchev–Trinajstić information content (AvgIpc) is 3.06. The van der Waals surface area contributed by atoms with Crippen molar-refractivity contribution in [1.82, 2.24) is 0 Å². The number of rotatable bonds is 1. The summed E-state index contributed by atoms with van der Waals surface area (Å²) < 4.78 is 0. The maximum absolute atomic E-state index is 4.04. The summed E-state index contributed by atoms with van der Waals surface area (Å²) >= 11 is 0. The van der Waals surface area contributed by atoms with Crippen LogP contribution in [0, 0.1) is 0 Å². The van der Waals surface area contributed by atoms with Crippen molar-refractivity contribution in [2.75, 3.05) is 0 Å². The third-order valence-electron chi connectivity index (χ3n) is 2.61. The molecule has 2 heterocycles. The summed E-state index contributed by atoms with van der Waals surface area (Å²) in [5.74, 6) is 0. The van der Waals surface area contributed by atoms with Crippen LogP contribution in [0.3, 0.4) is 0 Å². The molecule has 0 aromatic rings. The van der Waals surface area contributed by atoms with Crippen LogP contribution in [-0.2, 0) is 0 Å². The van der Waals surface area contributed by atoms with Gasteiger partial charge >= 0.3 is 0 Å². The van der Waals surface area contributed by atoms with Crippen LogP contribution in [0.2, 0.25) is 0 Å². The topological polar surface area (TPSA) is 49.4 Å². The van der Waals surface area contributed by atoms with Gasteiger partial charge in [-0.25, -0.2) is 0 Å². The lowest BCUT2D eigenvalue weighted by molar-refractivity contribution is 0.588. The highest BCUT2D eigenvalue weighted by Crippen LogP contribution is 2.15. The minimum absolute atomic E-state index is 0. The van der Waals surface area contributed by atoms with E-state index in [1.165, 1.54) is 32.1 Å².